The lowest BCUT2D eigenvalue weighted by atomic mass is 10.3. The third-order valence-corrected chi connectivity index (χ3v) is 2.22. The monoisotopic (exact) mass is 221 g/mol. The number of carbonyl (C=O) groups is 1. The van der Waals surface area contributed by atoms with Crippen molar-refractivity contribution in [2.75, 3.05) is 0 Å². The smallest absolute Gasteiger partial charge is 0.267 e. The van der Waals surface area contributed by atoms with Crippen LogP contribution < -0.4 is 5.73 Å². The number of amides is 1. The summed E-state index contributed by atoms with van der Waals surface area (Å²) in [5, 5.41) is 4.64. The molecule has 0 aliphatic carbocycles. The molecule has 15 heavy (non-hydrogen) atoms. The molecule has 2 rings (SSSR count). The quantitative estimate of drug-likeness (QED) is 0.838. The van der Waals surface area contributed by atoms with Crippen molar-refractivity contribution >= 4 is 17.5 Å². The van der Waals surface area contributed by atoms with Crippen LogP contribution in [-0.4, -0.2) is 15.7 Å². The van der Waals surface area contributed by atoms with Crippen molar-refractivity contribution in [1.29, 1.82) is 0 Å². The number of halogens is 1. The van der Waals surface area contributed by atoms with Crippen LogP contribution >= 0.6 is 11.6 Å². The lowest BCUT2D eigenvalue weighted by Crippen LogP contribution is -2.16. The van der Waals surface area contributed by atoms with Crippen LogP contribution in [0.25, 0.3) is 5.69 Å². The maximum Gasteiger partial charge on any atom is 0.267 e. The molecule has 5 heteroatoms. The molecule has 0 spiro atoms. The highest BCUT2D eigenvalue weighted by Gasteiger charge is 2.09. The van der Waals surface area contributed by atoms with Crippen LogP contribution in [0.3, 0.4) is 0 Å². The second kappa shape index (κ2) is 3.74. The molecule has 4 nitrogen and oxygen atoms in total. The molecule has 1 heterocycles. The average molecular weight is 222 g/mol. The molecule has 1 aromatic heterocycles. The molecule has 76 valence electrons. The van der Waals surface area contributed by atoms with Crippen LogP contribution in [0.5, 0.6) is 0 Å². The van der Waals surface area contributed by atoms with E-state index >= 15 is 0 Å². The number of nitrogens with zero attached hydrogens (tertiary/aromatic N) is 2. The first-order valence-corrected chi connectivity index (χ1v) is 4.66. The van der Waals surface area contributed by atoms with Crippen molar-refractivity contribution in [1.82, 2.24) is 9.78 Å². The van der Waals surface area contributed by atoms with Gasteiger partial charge in [0.15, 0.2) is 0 Å². The van der Waals surface area contributed by atoms with E-state index in [1.165, 1.54) is 10.9 Å². The fourth-order valence-corrected chi connectivity index (χ4v) is 1.40. The Morgan fingerprint density at radius 2 is 1.93 bits per heavy atom. The Labute approximate surface area is 91.3 Å². The summed E-state index contributed by atoms with van der Waals surface area (Å²) in [6.45, 7) is 0. The first kappa shape index (κ1) is 9.73. The molecule has 0 atom stereocenters. The SMILES string of the molecule is NC(=O)c1ccnn1-c1ccc(Cl)cc1. The van der Waals surface area contributed by atoms with E-state index < -0.39 is 5.91 Å². The van der Waals surface area contributed by atoms with Crippen LogP contribution in [0.4, 0.5) is 0 Å². The van der Waals surface area contributed by atoms with Crippen molar-refractivity contribution in [3.05, 3.63) is 47.2 Å². The fraction of sp³-hybridized carbons (Fsp3) is 0. The normalized spacial score (nSPS) is 10.2. The van der Waals surface area contributed by atoms with Crippen LogP contribution in [0, 0.1) is 0 Å². The minimum atomic E-state index is -0.512. The maximum atomic E-state index is 11.1. The Bertz CT molecular complexity index is 490. The van der Waals surface area contributed by atoms with Gasteiger partial charge >= 0.3 is 0 Å². The number of hydrogen-bond acceptors (Lipinski definition) is 2. The van der Waals surface area contributed by atoms with Crippen LogP contribution in [-0.2, 0) is 0 Å². The van der Waals surface area contributed by atoms with Gasteiger partial charge in [-0.3, -0.25) is 4.79 Å². The molecule has 0 aliphatic rings. The largest absolute Gasteiger partial charge is 0.364 e. The van der Waals surface area contributed by atoms with E-state index in [9.17, 15) is 4.79 Å². The Balaban J connectivity index is 2.49. The van der Waals surface area contributed by atoms with Gasteiger partial charge in [0.25, 0.3) is 5.91 Å². The summed E-state index contributed by atoms with van der Waals surface area (Å²) in [5.41, 5.74) is 6.29. The minimum Gasteiger partial charge on any atom is -0.364 e. The van der Waals surface area contributed by atoms with Gasteiger partial charge in [-0.15, -0.1) is 0 Å². The lowest BCUT2D eigenvalue weighted by Gasteiger charge is -2.04. The Kier molecular flexibility index (Phi) is 2.43. The average Bonchev–Trinajstić information content (AvgIpc) is 2.67. The van der Waals surface area contributed by atoms with E-state index in [2.05, 4.69) is 5.10 Å². The lowest BCUT2D eigenvalue weighted by molar-refractivity contribution is 0.0993. The molecule has 0 saturated carbocycles. The Hall–Kier alpha value is -1.81. The number of primary amides is 1. The maximum absolute atomic E-state index is 11.1. The van der Waals surface area contributed by atoms with E-state index in [0.29, 0.717) is 10.7 Å². The molecular formula is C10H8ClN3O. The summed E-state index contributed by atoms with van der Waals surface area (Å²) in [7, 11) is 0. The van der Waals surface area contributed by atoms with Gasteiger partial charge in [0, 0.05) is 5.02 Å². The molecule has 2 N–H and O–H groups in total. The Morgan fingerprint density at radius 3 is 2.53 bits per heavy atom. The van der Waals surface area contributed by atoms with Crippen molar-refractivity contribution < 1.29 is 4.79 Å². The second-order valence-corrected chi connectivity index (χ2v) is 3.41. The zero-order valence-corrected chi connectivity index (χ0v) is 8.48. The van der Waals surface area contributed by atoms with E-state index in [4.69, 9.17) is 17.3 Å². The van der Waals surface area contributed by atoms with Gasteiger partial charge in [0.2, 0.25) is 0 Å². The van der Waals surface area contributed by atoms with Crippen LogP contribution in [0.15, 0.2) is 36.5 Å². The molecule has 2 aromatic rings. The van der Waals surface area contributed by atoms with Crippen molar-refractivity contribution in [2.24, 2.45) is 5.73 Å². The number of rotatable bonds is 2. The summed E-state index contributed by atoms with van der Waals surface area (Å²) >= 11 is 5.75. The molecule has 0 saturated heterocycles. The van der Waals surface area contributed by atoms with Gasteiger partial charge < -0.3 is 5.73 Å². The van der Waals surface area contributed by atoms with E-state index in [0.717, 1.165) is 5.69 Å². The third kappa shape index (κ3) is 1.85. The summed E-state index contributed by atoms with van der Waals surface area (Å²) in [6.07, 6.45) is 1.52. The van der Waals surface area contributed by atoms with Gasteiger partial charge in [-0.2, -0.15) is 5.10 Å². The molecule has 0 aliphatic heterocycles. The Morgan fingerprint density at radius 1 is 1.27 bits per heavy atom. The van der Waals surface area contributed by atoms with Gasteiger partial charge in [0.1, 0.15) is 5.69 Å². The zero-order valence-electron chi connectivity index (χ0n) is 7.72. The highest BCUT2D eigenvalue weighted by molar-refractivity contribution is 6.30. The van der Waals surface area contributed by atoms with Crippen molar-refractivity contribution in [3.63, 3.8) is 0 Å². The fourth-order valence-electron chi connectivity index (χ4n) is 1.28. The number of hydrogen-bond donors (Lipinski definition) is 1. The zero-order chi connectivity index (χ0) is 10.8. The topological polar surface area (TPSA) is 60.9 Å². The summed E-state index contributed by atoms with van der Waals surface area (Å²) < 4.78 is 1.47. The molecule has 0 unspecified atom stereocenters. The standard InChI is InChI=1S/C10H8ClN3O/c11-7-1-3-8(4-2-7)14-9(10(12)15)5-6-13-14/h1-6H,(H2,12,15). The predicted octanol–water partition coefficient (Wildman–Crippen LogP) is 1.62. The number of nitrogens with two attached hydrogens (primary N) is 1. The van der Waals surface area contributed by atoms with Crippen LogP contribution in [0.1, 0.15) is 10.5 Å². The molecular weight excluding hydrogens is 214 g/mol. The predicted molar refractivity (Wildman–Crippen MR) is 57.1 cm³/mol. The van der Waals surface area contributed by atoms with Crippen molar-refractivity contribution in [3.8, 4) is 5.69 Å². The second-order valence-electron chi connectivity index (χ2n) is 2.97. The van der Waals surface area contributed by atoms with Gasteiger partial charge in [-0.25, -0.2) is 4.68 Å². The molecule has 1 aromatic carbocycles. The first-order valence-electron chi connectivity index (χ1n) is 4.28. The molecule has 1 amide bonds. The van der Waals surface area contributed by atoms with Gasteiger partial charge in [0.05, 0.1) is 11.9 Å². The van der Waals surface area contributed by atoms with Gasteiger partial charge in [-0.05, 0) is 30.3 Å². The summed E-state index contributed by atoms with van der Waals surface area (Å²) in [6, 6.07) is 8.55. The van der Waals surface area contributed by atoms with E-state index in [1.807, 2.05) is 0 Å². The number of aromatic nitrogens is 2. The minimum absolute atomic E-state index is 0.345. The molecule has 0 bridgehead atoms. The highest BCUT2D eigenvalue weighted by atomic mass is 35.5. The van der Waals surface area contributed by atoms with E-state index in [1.54, 1.807) is 30.3 Å². The first-order chi connectivity index (χ1) is 7.18. The summed E-state index contributed by atoms with van der Waals surface area (Å²) in [4.78, 5) is 11.1. The van der Waals surface area contributed by atoms with Gasteiger partial charge in [-0.1, -0.05) is 11.6 Å². The summed E-state index contributed by atoms with van der Waals surface area (Å²) in [5.74, 6) is -0.512. The third-order valence-electron chi connectivity index (χ3n) is 1.97. The van der Waals surface area contributed by atoms with Crippen LogP contribution in [0.2, 0.25) is 5.02 Å². The number of benzene rings is 1. The van der Waals surface area contributed by atoms with E-state index in [-0.39, 0.29) is 0 Å². The number of carbonyl (C=O) groups excluding carboxylic acids is 1. The molecule has 0 radical (unpaired) electrons. The molecule has 0 fully saturated rings. The van der Waals surface area contributed by atoms with Crippen molar-refractivity contribution in [2.45, 2.75) is 0 Å². The highest BCUT2D eigenvalue weighted by Crippen LogP contribution is 2.14.